The number of amides is 1. The van der Waals surface area contributed by atoms with E-state index in [0.29, 0.717) is 42.6 Å². The second kappa shape index (κ2) is 8.50. The molecule has 0 fully saturated rings. The quantitative estimate of drug-likeness (QED) is 0.731. The Kier molecular flexibility index (Phi) is 6.38. The zero-order chi connectivity index (χ0) is 18.4. The summed E-state index contributed by atoms with van der Waals surface area (Å²) in [6, 6.07) is 5.62. The zero-order valence-corrected chi connectivity index (χ0v) is 15.4. The number of rotatable bonds is 8. The van der Waals surface area contributed by atoms with Gasteiger partial charge in [0.25, 0.3) is 0 Å². The van der Waals surface area contributed by atoms with Gasteiger partial charge in [-0.25, -0.2) is 0 Å². The van der Waals surface area contributed by atoms with Gasteiger partial charge < -0.3 is 18.9 Å². The fourth-order valence-corrected chi connectivity index (χ4v) is 2.35. The average molecular weight is 347 g/mol. The van der Waals surface area contributed by atoms with E-state index < -0.39 is 0 Å². The SMILES string of the molecule is COc1ccc(CN(C)C(=O)CCc2nc(C(C)C)no2)cc1OC. The van der Waals surface area contributed by atoms with Gasteiger partial charge >= 0.3 is 0 Å². The number of hydrogen-bond acceptors (Lipinski definition) is 6. The predicted molar refractivity (Wildman–Crippen MR) is 92.7 cm³/mol. The summed E-state index contributed by atoms with van der Waals surface area (Å²) in [5.41, 5.74) is 0.966. The smallest absolute Gasteiger partial charge is 0.227 e. The Morgan fingerprint density at radius 3 is 2.56 bits per heavy atom. The van der Waals surface area contributed by atoms with Crippen molar-refractivity contribution in [2.45, 2.75) is 39.2 Å². The second-order valence-corrected chi connectivity index (χ2v) is 6.14. The fourth-order valence-electron chi connectivity index (χ4n) is 2.35. The van der Waals surface area contributed by atoms with Crippen molar-refractivity contribution in [2.24, 2.45) is 0 Å². The third-order valence-corrected chi connectivity index (χ3v) is 3.85. The molecule has 1 aromatic heterocycles. The molecule has 0 atom stereocenters. The van der Waals surface area contributed by atoms with Gasteiger partial charge in [-0.1, -0.05) is 25.1 Å². The van der Waals surface area contributed by atoms with E-state index in [1.807, 2.05) is 32.0 Å². The lowest BCUT2D eigenvalue weighted by atomic mass is 10.1. The predicted octanol–water partition coefficient (Wildman–Crippen LogP) is 2.80. The van der Waals surface area contributed by atoms with E-state index in [4.69, 9.17) is 14.0 Å². The largest absolute Gasteiger partial charge is 0.493 e. The van der Waals surface area contributed by atoms with Crippen LogP contribution in [0.25, 0.3) is 0 Å². The summed E-state index contributed by atoms with van der Waals surface area (Å²) in [6.45, 7) is 4.48. The normalized spacial score (nSPS) is 10.8. The number of nitrogens with zero attached hydrogens (tertiary/aromatic N) is 3. The van der Waals surface area contributed by atoms with E-state index in [1.165, 1.54) is 0 Å². The van der Waals surface area contributed by atoms with Crippen molar-refractivity contribution in [2.75, 3.05) is 21.3 Å². The summed E-state index contributed by atoms with van der Waals surface area (Å²) >= 11 is 0. The molecule has 2 rings (SSSR count). The molecular formula is C18H25N3O4. The van der Waals surface area contributed by atoms with Gasteiger partial charge in [0.1, 0.15) is 0 Å². The number of hydrogen-bond donors (Lipinski definition) is 0. The van der Waals surface area contributed by atoms with Crippen LogP contribution in [0.5, 0.6) is 11.5 Å². The van der Waals surface area contributed by atoms with Gasteiger partial charge in [-0.2, -0.15) is 4.98 Å². The lowest BCUT2D eigenvalue weighted by molar-refractivity contribution is -0.130. The molecule has 1 aromatic carbocycles. The monoisotopic (exact) mass is 347 g/mol. The average Bonchev–Trinajstić information content (AvgIpc) is 3.08. The Balaban J connectivity index is 1.91. The van der Waals surface area contributed by atoms with Crippen LogP contribution in [-0.4, -0.2) is 42.2 Å². The summed E-state index contributed by atoms with van der Waals surface area (Å²) in [5.74, 6) is 2.70. The summed E-state index contributed by atoms with van der Waals surface area (Å²) in [4.78, 5) is 18.3. The molecule has 1 heterocycles. The molecule has 0 spiro atoms. The third kappa shape index (κ3) is 4.95. The van der Waals surface area contributed by atoms with Crippen molar-refractivity contribution in [3.8, 4) is 11.5 Å². The van der Waals surface area contributed by atoms with Crippen LogP contribution in [0.3, 0.4) is 0 Å². The Bertz CT molecular complexity index is 712. The first-order valence-corrected chi connectivity index (χ1v) is 8.22. The molecule has 0 aliphatic rings. The Labute approximate surface area is 147 Å². The highest BCUT2D eigenvalue weighted by molar-refractivity contribution is 5.76. The van der Waals surface area contributed by atoms with Crippen molar-refractivity contribution in [3.05, 3.63) is 35.5 Å². The highest BCUT2D eigenvalue weighted by Gasteiger charge is 2.15. The Morgan fingerprint density at radius 2 is 1.96 bits per heavy atom. The van der Waals surface area contributed by atoms with E-state index in [0.717, 1.165) is 5.56 Å². The number of carbonyl (C=O) groups excluding carboxylic acids is 1. The van der Waals surface area contributed by atoms with Gasteiger partial charge in [-0.05, 0) is 17.7 Å². The lowest BCUT2D eigenvalue weighted by Crippen LogP contribution is -2.26. The molecule has 2 aromatic rings. The first kappa shape index (κ1) is 18.8. The standard InChI is InChI=1S/C18H25N3O4/c1-12(2)18-19-16(25-20-18)8-9-17(22)21(3)11-13-6-7-14(23-4)15(10-13)24-5/h6-7,10,12H,8-9,11H2,1-5H3. The maximum Gasteiger partial charge on any atom is 0.227 e. The number of aryl methyl sites for hydroxylation is 1. The number of benzene rings is 1. The number of aromatic nitrogens is 2. The Morgan fingerprint density at radius 1 is 1.24 bits per heavy atom. The molecule has 7 heteroatoms. The van der Waals surface area contributed by atoms with Crippen LogP contribution in [0.1, 0.15) is 43.5 Å². The van der Waals surface area contributed by atoms with Crippen LogP contribution in [-0.2, 0) is 17.8 Å². The highest BCUT2D eigenvalue weighted by atomic mass is 16.5. The van der Waals surface area contributed by atoms with E-state index in [2.05, 4.69) is 10.1 Å². The van der Waals surface area contributed by atoms with Crippen molar-refractivity contribution in [1.82, 2.24) is 15.0 Å². The molecule has 7 nitrogen and oxygen atoms in total. The van der Waals surface area contributed by atoms with Gasteiger partial charge in [0, 0.05) is 32.4 Å². The maximum absolute atomic E-state index is 12.3. The molecule has 0 bridgehead atoms. The minimum Gasteiger partial charge on any atom is -0.493 e. The van der Waals surface area contributed by atoms with Crippen molar-refractivity contribution in [3.63, 3.8) is 0 Å². The second-order valence-electron chi connectivity index (χ2n) is 6.14. The van der Waals surface area contributed by atoms with Crippen molar-refractivity contribution < 1.29 is 18.8 Å². The topological polar surface area (TPSA) is 77.7 Å². The van der Waals surface area contributed by atoms with Crippen LogP contribution in [0.15, 0.2) is 22.7 Å². The van der Waals surface area contributed by atoms with Crippen LogP contribution >= 0.6 is 0 Å². The molecule has 0 aliphatic heterocycles. The molecule has 0 saturated carbocycles. The fraction of sp³-hybridized carbons (Fsp3) is 0.500. The van der Waals surface area contributed by atoms with Gasteiger partial charge in [0.15, 0.2) is 17.3 Å². The highest BCUT2D eigenvalue weighted by Crippen LogP contribution is 2.28. The van der Waals surface area contributed by atoms with Gasteiger partial charge in [-0.15, -0.1) is 0 Å². The summed E-state index contributed by atoms with van der Waals surface area (Å²) < 4.78 is 15.7. The van der Waals surface area contributed by atoms with Crippen molar-refractivity contribution >= 4 is 5.91 Å². The minimum absolute atomic E-state index is 0.0130. The van der Waals surface area contributed by atoms with E-state index in [1.54, 1.807) is 26.2 Å². The number of carbonyl (C=O) groups is 1. The molecule has 0 radical (unpaired) electrons. The van der Waals surface area contributed by atoms with Crippen LogP contribution in [0, 0.1) is 0 Å². The Hall–Kier alpha value is -2.57. The summed E-state index contributed by atoms with van der Waals surface area (Å²) in [5, 5.41) is 3.90. The molecule has 1 amide bonds. The van der Waals surface area contributed by atoms with Crippen LogP contribution < -0.4 is 9.47 Å². The molecule has 136 valence electrons. The number of methoxy groups -OCH3 is 2. The molecular weight excluding hydrogens is 322 g/mol. The molecule has 0 aliphatic carbocycles. The summed E-state index contributed by atoms with van der Waals surface area (Å²) in [6.07, 6.45) is 0.762. The van der Waals surface area contributed by atoms with E-state index in [9.17, 15) is 4.79 Å². The third-order valence-electron chi connectivity index (χ3n) is 3.85. The first-order chi connectivity index (χ1) is 11.9. The molecule has 0 unspecified atom stereocenters. The molecule has 25 heavy (non-hydrogen) atoms. The van der Waals surface area contributed by atoms with Gasteiger partial charge in [0.05, 0.1) is 14.2 Å². The van der Waals surface area contributed by atoms with E-state index >= 15 is 0 Å². The van der Waals surface area contributed by atoms with Crippen LogP contribution in [0.4, 0.5) is 0 Å². The zero-order valence-electron chi connectivity index (χ0n) is 15.4. The summed E-state index contributed by atoms with van der Waals surface area (Å²) in [7, 11) is 4.95. The van der Waals surface area contributed by atoms with Gasteiger partial charge in [0.2, 0.25) is 11.8 Å². The van der Waals surface area contributed by atoms with E-state index in [-0.39, 0.29) is 11.8 Å². The molecule has 0 N–H and O–H groups in total. The van der Waals surface area contributed by atoms with Crippen molar-refractivity contribution in [1.29, 1.82) is 0 Å². The first-order valence-electron chi connectivity index (χ1n) is 8.22. The lowest BCUT2D eigenvalue weighted by Gasteiger charge is -2.18. The number of ether oxygens (including phenoxy) is 2. The van der Waals surface area contributed by atoms with Crippen LogP contribution in [0.2, 0.25) is 0 Å². The minimum atomic E-state index is 0.0130. The van der Waals surface area contributed by atoms with Gasteiger partial charge in [-0.3, -0.25) is 4.79 Å². The maximum atomic E-state index is 12.3. The molecule has 0 saturated heterocycles.